The molecule has 0 aliphatic carbocycles. The van der Waals surface area contributed by atoms with Crippen LogP contribution in [0.1, 0.15) is 52.9 Å². The minimum absolute atomic E-state index is 0.105. The van der Waals surface area contributed by atoms with Crippen molar-refractivity contribution >= 4 is 6.09 Å². The predicted molar refractivity (Wildman–Crippen MR) is 90.3 cm³/mol. The number of aromatic nitrogens is 2. The number of alkyl carbamates (subject to hydrolysis) is 1. The maximum Gasteiger partial charge on any atom is 0.407 e. The van der Waals surface area contributed by atoms with Crippen molar-refractivity contribution in [3.05, 3.63) is 17.7 Å². The number of rotatable bonds is 3. The monoisotopic (exact) mass is 322 g/mol. The minimum Gasteiger partial charge on any atom is -0.444 e. The lowest BCUT2D eigenvalue weighted by atomic mass is 9.78. The van der Waals surface area contributed by atoms with Gasteiger partial charge in [0.25, 0.3) is 0 Å². The highest BCUT2D eigenvalue weighted by Gasteiger charge is 2.44. The van der Waals surface area contributed by atoms with Gasteiger partial charge in [-0.3, -0.25) is 0 Å². The molecule has 2 N–H and O–H groups in total. The van der Waals surface area contributed by atoms with Gasteiger partial charge in [-0.1, -0.05) is 13.8 Å². The van der Waals surface area contributed by atoms with Gasteiger partial charge in [0.1, 0.15) is 5.60 Å². The van der Waals surface area contributed by atoms with Gasteiger partial charge in [0, 0.05) is 20.0 Å². The van der Waals surface area contributed by atoms with Crippen LogP contribution < -0.4 is 10.6 Å². The SMILES string of the molecule is CC(C)C(NC(=O)OC(C)(C)C)C1(C)NCCc2ncn(C)c21. The summed E-state index contributed by atoms with van der Waals surface area (Å²) in [6.45, 7) is 12.8. The van der Waals surface area contributed by atoms with Crippen molar-refractivity contribution < 1.29 is 9.53 Å². The molecule has 6 heteroatoms. The highest BCUT2D eigenvalue weighted by Crippen LogP contribution is 2.33. The lowest BCUT2D eigenvalue weighted by molar-refractivity contribution is 0.0432. The molecule has 6 nitrogen and oxygen atoms in total. The van der Waals surface area contributed by atoms with E-state index in [0.717, 1.165) is 24.4 Å². The van der Waals surface area contributed by atoms with E-state index < -0.39 is 5.60 Å². The van der Waals surface area contributed by atoms with E-state index in [9.17, 15) is 4.79 Å². The van der Waals surface area contributed by atoms with Gasteiger partial charge in [0.05, 0.1) is 29.3 Å². The summed E-state index contributed by atoms with van der Waals surface area (Å²) >= 11 is 0. The first-order valence-corrected chi connectivity index (χ1v) is 8.30. The Kier molecular flexibility index (Phi) is 4.76. The lowest BCUT2D eigenvalue weighted by Gasteiger charge is -2.44. The van der Waals surface area contributed by atoms with Crippen molar-refractivity contribution in [3.63, 3.8) is 0 Å². The number of ether oxygens (including phenoxy) is 1. The molecule has 1 amide bonds. The molecule has 0 saturated carbocycles. The normalized spacial score (nSPS) is 22.6. The van der Waals surface area contributed by atoms with Gasteiger partial charge < -0.3 is 19.9 Å². The van der Waals surface area contributed by atoms with Crippen LogP contribution in [0.5, 0.6) is 0 Å². The quantitative estimate of drug-likeness (QED) is 0.896. The van der Waals surface area contributed by atoms with Gasteiger partial charge in [-0.05, 0) is 33.6 Å². The number of hydrogen-bond donors (Lipinski definition) is 2. The van der Waals surface area contributed by atoms with E-state index >= 15 is 0 Å². The van der Waals surface area contributed by atoms with Gasteiger partial charge in [-0.25, -0.2) is 9.78 Å². The third-order valence-corrected chi connectivity index (χ3v) is 4.32. The minimum atomic E-state index is -0.510. The summed E-state index contributed by atoms with van der Waals surface area (Å²) in [5.41, 5.74) is 1.34. The molecule has 1 aromatic heterocycles. The van der Waals surface area contributed by atoms with E-state index in [1.165, 1.54) is 0 Å². The van der Waals surface area contributed by atoms with Gasteiger partial charge in [-0.2, -0.15) is 0 Å². The third kappa shape index (κ3) is 3.68. The molecule has 0 aromatic carbocycles. The number of imidazole rings is 1. The fourth-order valence-corrected chi connectivity index (χ4v) is 3.52. The van der Waals surface area contributed by atoms with Crippen LogP contribution in [-0.4, -0.2) is 33.8 Å². The molecule has 0 saturated heterocycles. The van der Waals surface area contributed by atoms with Crippen LogP contribution in [0.3, 0.4) is 0 Å². The van der Waals surface area contributed by atoms with Crippen LogP contribution >= 0.6 is 0 Å². The third-order valence-electron chi connectivity index (χ3n) is 4.32. The number of carbonyl (C=O) groups is 1. The van der Waals surface area contributed by atoms with Gasteiger partial charge >= 0.3 is 6.09 Å². The van der Waals surface area contributed by atoms with Crippen molar-refractivity contribution in [2.45, 2.75) is 65.1 Å². The molecule has 0 bridgehead atoms. The molecule has 2 rings (SSSR count). The number of nitrogens with one attached hydrogen (secondary N) is 2. The molecule has 23 heavy (non-hydrogen) atoms. The van der Waals surface area contributed by atoms with Crippen LogP contribution in [0.15, 0.2) is 6.33 Å². The summed E-state index contributed by atoms with van der Waals surface area (Å²) in [6, 6.07) is -0.105. The van der Waals surface area contributed by atoms with Crippen LogP contribution in [0.4, 0.5) is 4.79 Å². The van der Waals surface area contributed by atoms with E-state index in [4.69, 9.17) is 4.74 Å². The molecule has 2 heterocycles. The molecule has 2 atom stereocenters. The van der Waals surface area contributed by atoms with Crippen LogP contribution in [-0.2, 0) is 23.7 Å². The number of amides is 1. The molecule has 1 aliphatic heterocycles. The van der Waals surface area contributed by atoms with E-state index in [1.54, 1.807) is 0 Å². The Morgan fingerprint density at radius 2 is 2.13 bits per heavy atom. The average molecular weight is 322 g/mol. The number of hydrogen-bond acceptors (Lipinski definition) is 4. The second kappa shape index (κ2) is 6.15. The number of nitrogens with zero attached hydrogens (tertiary/aromatic N) is 2. The average Bonchev–Trinajstić information content (AvgIpc) is 2.77. The molecule has 130 valence electrons. The first kappa shape index (κ1) is 17.8. The fourth-order valence-electron chi connectivity index (χ4n) is 3.52. The highest BCUT2D eigenvalue weighted by molar-refractivity contribution is 5.68. The van der Waals surface area contributed by atoms with Gasteiger partial charge in [-0.15, -0.1) is 0 Å². The Morgan fingerprint density at radius 3 is 2.70 bits per heavy atom. The zero-order valence-corrected chi connectivity index (χ0v) is 15.4. The topological polar surface area (TPSA) is 68.2 Å². The predicted octanol–water partition coefficient (Wildman–Crippen LogP) is 2.33. The van der Waals surface area contributed by atoms with Gasteiger partial charge in [0.2, 0.25) is 0 Å². The fraction of sp³-hybridized carbons (Fsp3) is 0.765. The maximum atomic E-state index is 12.3. The highest BCUT2D eigenvalue weighted by atomic mass is 16.6. The first-order valence-electron chi connectivity index (χ1n) is 8.30. The standard InChI is InChI=1S/C17H30N4O2/c1-11(2)13(20-15(22)23-16(3,4)5)17(6)14-12(8-9-19-17)18-10-21(14)7/h10-11,13,19H,8-9H2,1-7H3,(H,20,22). The second-order valence-corrected chi connectivity index (χ2v) is 7.90. The van der Waals surface area contributed by atoms with Crippen LogP contribution in [0.25, 0.3) is 0 Å². The van der Waals surface area contributed by atoms with E-state index in [1.807, 2.05) is 38.7 Å². The van der Waals surface area contributed by atoms with Crippen LogP contribution in [0, 0.1) is 5.92 Å². The zero-order chi connectivity index (χ0) is 17.4. The summed E-state index contributed by atoms with van der Waals surface area (Å²) < 4.78 is 7.50. The smallest absolute Gasteiger partial charge is 0.407 e. The molecule has 1 aromatic rings. The molecule has 0 radical (unpaired) electrons. The number of fused-ring (bicyclic) bond motifs is 1. The summed E-state index contributed by atoms with van der Waals surface area (Å²) in [6.07, 6.45) is 2.37. The van der Waals surface area contributed by atoms with Crippen molar-refractivity contribution in [2.75, 3.05) is 6.54 Å². The first-order chi connectivity index (χ1) is 10.5. The molecule has 1 aliphatic rings. The maximum absolute atomic E-state index is 12.3. The molecular formula is C17H30N4O2. The Bertz CT molecular complexity index is 574. The summed E-state index contributed by atoms with van der Waals surface area (Å²) in [5.74, 6) is 0.237. The molecule has 0 fully saturated rings. The Morgan fingerprint density at radius 1 is 1.48 bits per heavy atom. The van der Waals surface area contributed by atoms with E-state index in [-0.39, 0.29) is 23.6 Å². The van der Waals surface area contributed by atoms with Crippen molar-refractivity contribution in [2.24, 2.45) is 13.0 Å². The van der Waals surface area contributed by atoms with Crippen molar-refractivity contribution in [1.82, 2.24) is 20.2 Å². The largest absolute Gasteiger partial charge is 0.444 e. The Balaban J connectivity index is 2.31. The van der Waals surface area contributed by atoms with E-state index in [0.29, 0.717) is 0 Å². The zero-order valence-electron chi connectivity index (χ0n) is 15.4. The van der Waals surface area contributed by atoms with Crippen molar-refractivity contribution in [1.29, 1.82) is 0 Å². The summed E-state index contributed by atoms with van der Waals surface area (Å²) in [5, 5.41) is 6.67. The Hall–Kier alpha value is -1.56. The second-order valence-electron chi connectivity index (χ2n) is 7.90. The molecule has 2 unspecified atom stereocenters. The number of aryl methyl sites for hydroxylation is 1. The Labute approximate surface area is 139 Å². The van der Waals surface area contributed by atoms with Crippen molar-refractivity contribution in [3.8, 4) is 0 Å². The van der Waals surface area contributed by atoms with E-state index in [2.05, 4.69) is 36.4 Å². The lowest BCUT2D eigenvalue weighted by Crippen LogP contribution is -2.62. The molecular weight excluding hydrogens is 292 g/mol. The summed E-state index contributed by atoms with van der Waals surface area (Å²) in [7, 11) is 2.00. The van der Waals surface area contributed by atoms with Gasteiger partial charge in [0.15, 0.2) is 0 Å². The summed E-state index contributed by atoms with van der Waals surface area (Å²) in [4.78, 5) is 16.8. The van der Waals surface area contributed by atoms with Crippen LogP contribution in [0.2, 0.25) is 0 Å². The number of carbonyl (C=O) groups excluding carboxylic acids is 1. The molecule has 0 spiro atoms.